The summed E-state index contributed by atoms with van der Waals surface area (Å²) in [6.45, 7) is 4.99. The van der Waals surface area contributed by atoms with Gasteiger partial charge >= 0.3 is 5.97 Å². The second-order valence-corrected chi connectivity index (χ2v) is 6.39. The maximum absolute atomic E-state index is 11.1. The van der Waals surface area contributed by atoms with E-state index in [9.17, 15) is 4.79 Å². The average Bonchev–Trinajstić information content (AvgIpc) is 3.03. The fourth-order valence-corrected chi connectivity index (χ4v) is 3.31. The van der Waals surface area contributed by atoms with Crippen molar-refractivity contribution in [2.75, 3.05) is 13.7 Å². The molecule has 0 aliphatic carbocycles. The molecule has 2 atom stereocenters. The van der Waals surface area contributed by atoms with E-state index in [4.69, 9.17) is 4.74 Å². The zero-order valence-corrected chi connectivity index (χ0v) is 13.0. The van der Waals surface area contributed by atoms with E-state index in [-0.39, 0.29) is 24.2 Å². The molecule has 0 unspecified atom stereocenters. The third kappa shape index (κ3) is 4.26. The van der Waals surface area contributed by atoms with Crippen LogP contribution in [-0.4, -0.2) is 36.8 Å². The molecule has 2 rings (SSSR count). The molecule has 0 aromatic carbocycles. The van der Waals surface area contributed by atoms with Crippen LogP contribution in [0.3, 0.4) is 0 Å². The Balaban J connectivity index is 1.85. The summed E-state index contributed by atoms with van der Waals surface area (Å²) < 4.78 is 10.5. The van der Waals surface area contributed by atoms with E-state index < -0.39 is 0 Å². The van der Waals surface area contributed by atoms with Gasteiger partial charge in [0.1, 0.15) is 5.01 Å². The summed E-state index contributed by atoms with van der Waals surface area (Å²) in [6, 6.07) is 0.274. The number of thiazole rings is 1. The van der Waals surface area contributed by atoms with Crippen LogP contribution >= 0.6 is 11.3 Å². The second kappa shape index (κ2) is 7.15. The largest absolute Gasteiger partial charge is 0.469 e. The van der Waals surface area contributed by atoms with Gasteiger partial charge in [-0.3, -0.25) is 4.79 Å². The summed E-state index contributed by atoms with van der Waals surface area (Å²) in [5, 5.41) is 4.53. The van der Waals surface area contributed by atoms with E-state index in [1.54, 1.807) is 11.3 Å². The van der Waals surface area contributed by atoms with Crippen molar-refractivity contribution in [2.45, 2.75) is 51.4 Å². The SMILES string of the molecule is COC(=O)CCc1cnc([C@@H]2C[C@H](OC(C)C)CN2)s1. The van der Waals surface area contributed by atoms with Crippen molar-refractivity contribution < 1.29 is 14.3 Å². The van der Waals surface area contributed by atoms with E-state index in [1.165, 1.54) is 7.11 Å². The van der Waals surface area contributed by atoms with Crippen LogP contribution in [0.15, 0.2) is 6.20 Å². The Morgan fingerprint density at radius 1 is 1.60 bits per heavy atom. The quantitative estimate of drug-likeness (QED) is 0.815. The first-order valence-electron chi connectivity index (χ1n) is 6.98. The van der Waals surface area contributed by atoms with E-state index >= 15 is 0 Å². The Morgan fingerprint density at radius 3 is 3.10 bits per heavy atom. The van der Waals surface area contributed by atoms with Crippen molar-refractivity contribution in [2.24, 2.45) is 0 Å². The zero-order valence-electron chi connectivity index (χ0n) is 12.2. The number of nitrogens with zero attached hydrogens (tertiary/aromatic N) is 1. The predicted molar refractivity (Wildman–Crippen MR) is 77.8 cm³/mol. The number of aromatic nitrogens is 1. The molecule has 1 saturated heterocycles. The first-order chi connectivity index (χ1) is 9.58. The number of aryl methyl sites for hydroxylation is 1. The number of carbonyl (C=O) groups is 1. The van der Waals surface area contributed by atoms with Crippen molar-refractivity contribution in [3.63, 3.8) is 0 Å². The summed E-state index contributed by atoms with van der Waals surface area (Å²) >= 11 is 1.67. The highest BCUT2D eigenvalue weighted by Crippen LogP contribution is 2.29. The van der Waals surface area contributed by atoms with E-state index in [1.807, 2.05) is 6.20 Å². The van der Waals surface area contributed by atoms with Crippen molar-refractivity contribution >= 4 is 17.3 Å². The molecule has 2 heterocycles. The van der Waals surface area contributed by atoms with E-state index in [0.29, 0.717) is 12.8 Å². The fourth-order valence-electron chi connectivity index (χ4n) is 2.31. The summed E-state index contributed by atoms with van der Waals surface area (Å²) in [5.41, 5.74) is 0. The highest BCUT2D eigenvalue weighted by atomic mass is 32.1. The van der Waals surface area contributed by atoms with Gasteiger partial charge in [-0.2, -0.15) is 0 Å². The highest BCUT2D eigenvalue weighted by Gasteiger charge is 2.28. The van der Waals surface area contributed by atoms with Crippen LogP contribution < -0.4 is 5.32 Å². The van der Waals surface area contributed by atoms with Crippen molar-refractivity contribution in [1.29, 1.82) is 0 Å². The molecule has 6 heteroatoms. The summed E-state index contributed by atoms with van der Waals surface area (Å²) in [4.78, 5) is 16.7. The Morgan fingerprint density at radius 2 is 2.40 bits per heavy atom. The van der Waals surface area contributed by atoms with Gasteiger partial charge in [-0.05, 0) is 26.7 Å². The number of rotatable bonds is 6. The number of hydrogen-bond acceptors (Lipinski definition) is 6. The van der Waals surface area contributed by atoms with Gasteiger partial charge in [0, 0.05) is 17.6 Å². The van der Waals surface area contributed by atoms with E-state index in [0.717, 1.165) is 22.9 Å². The maximum Gasteiger partial charge on any atom is 0.305 e. The molecule has 20 heavy (non-hydrogen) atoms. The number of ether oxygens (including phenoxy) is 2. The Labute approximate surface area is 123 Å². The maximum atomic E-state index is 11.1. The van der Waals surface area contributed by atoms with Crippen molar-refractivity contribution in [3.8, 4) is 0 Å². The smallest absolute Gasteiger partial charge is 0.305 e. The fraction of sp³-hybridized carbons (Fsp3) is 0.714. The third-order valence-electron chi connectivity index (χ3n) is 3.23. The molecule has 1 aliphatic heterocycles. The van der Waals surface area contributed by atoms with Crippen LogP contribution in [0.1, 0.15) is 42.6 Å². The molecule has 112 valence electrons. The molecule has 0 bridgehead atoms. The van der Waals surface area contributed by atoms with Crippen LogP contribution in [0, 0.1) is 0 Å². The number of methoxy groups -OCH3 is 1. The van der Waals surface area contributed by atoms with Crippen molar-refractivity contribution in [3.05, 3.63) is 16.1 Å². The molecule has 1 N–H and O–H groups in total. The highest BCUT2D eigenvalue weighted by molar-refractivity contribution is 7.11. The molecular weight excluding hydrogens is 276 g/mol. The molecular formula is C14H22N2O3S. The summed E-state index contributed by atoms with van der Waals surface area (Å²) in [6.07, 6.45) is 4.46. The van der Waals surface area contributed by atoms with Gasteiger partial charge in [-0.1, -0.05) is 0 Å². The minimum Gasteiger partial charge on any atom is -0.469 e. The lowest BCUT2D eigenvalue weighted by molar-refractivity contribution is -0.140. The first-order valence-corrected chi connectivity index (χ1v) is 7.80. The molecule has 0 radical (unpaired) electrons. The van der Waals surface area contributed by atoms with E-state index in [2.05, 4.69) is 28.9 Å². The van der Waals surface area contributed by atoms with Gasteiger partial charge in [-0.15, -0.1) is 11.3 Å². The van der Waals surface area contributed by atoms with Gasteiger partial charge in [0.05, 0.1) is 31.8 Å². The molecule has 1 aromatic rings. The van der Waals surface area contributed by atoms with Crippen LogP contribution in [-0.2, 0) is 20.7 Å². The monoisotopic (exact) mass is 298 g/mol. The number of esters is 1. The number of carbonyl (C=O) groups excluding carboxylic acids is 1. The topological polar surface area (TPSA) is 60.5 Å². The summed E-state index contributed by atoms with van der Waals surface area (Å²) in [7, 11) is 1.41. The number of nitrogens with one attached hydrogen (secondary N) is 1. The minimum atomic E-state index is -0.177. The number of hydrogen-bond donors (Lipinski definition) is 1. The molecule has 0 spiro atoms. The molecule has 5 nitrogen and oxygen atoms in total. The lowest BCUT2D eigenvalue weighted by atomic mass is 10.2. The van der Waals surface area contributed by atoms with Crippen LogP contribution in [0.25, 0.3) is 0 Å². The second-order valence-electron chi connectivity index (χ2n) is 5.24. The van der Waals surface area contributed by atoms with Crippen LogP contribution in [0.4, 0.5) is 0 Å². The van der Waals surface area contributed by atoms with Crippen LogP contribution in [0.5, 0.6) is 0 Å². The minimum absolute atomic E-state index is 0.177. The molecule has 1 aromatic heterocycles. The third-order valence-corrected chi connectivity index (χ3v) is 4.40. The normalized spacial score (nSPS) is 22.4. The standard InChI is InChI=1S/C14H22N2O3S/c1-9(2)19-10-6-12(15-7-10)14-16-8-11(20-14)4-5-13(17)18-3/h8-10,12,15H,4-7H2,1-3H3/t10-,12-/m0/s1. The molecule has 0 amide bonds. The van der Waals surface area contributed by atoms with Gasteiger partial charge < -0.3 is 14.8 Å². The van der Waals surface area contributed by atoms with Gasteiger partial charge in [-0.25, -0.2) is 4.98 Å². The average molecular weight is 298 g/mol. The lowest BCUT2D eigenvalue weighted by Crippen LogP contribution is -2.20. The van der Waals surface area contributed by atoms with Gasteiger partial charge in [0.15, 0.2) is 0 Å². The first kappa shape index (κ1) is 15.4. The Bertz CT molecular complexity index is 447. The Hall–Kier alpha value is -0.980. The van der Waals surface area contributed by atoms with Crippen molar-refractivity contribution in [1.82, 2.24) is 10.3 Å². The molecule has 1 aliphatic rings. The molecule has 1 fully saturated rings. The molecule has 0 saturated carbocycles. The summed E-state index contributed by atoms with van der Waals surface area (Å²) in [5.74, 6) is -0.177. The van der Waals surface area contributed by atoms with Crippen LogP contribution in [0.2, 0.25) is 0 Å². The van der Waals surface area contributed by atoms with Gasteiger partial charge in [0.25, 0.3) is 0 Å². The lowest BCUT2D eigenvalue weighted by Gasteiger charge is -2.13. The van der Waals surface area contributed by atoms with Gasteiger partial charge in [0.2, 0.25) is 0 Å². The Kier molecular flexibility index (Phi) is 5.51. The predicted octanol–water partition coefficient (Wildman–Crippen LogP) is 2.08. The zero-order chi connectivity index (χ0) is 14.5.